The number of hydrogen-bond donors (Lipinski definition) is 2. The van der Waals surface area contributed by atoms with Gasteiger partial charge in [0.25, 0.3) is 0 Å². The number of aliphatic hydroxyl groups excluding tert-OH is 1. The van der Waals surface area contributed by atoms with Crippen LogP contribution in [-0.4, -0.2) is 34.5 Å². The van der Waals surface area contributed by atoms with Crippen molar-refractivity contribution in [1.82, 2.24) is 9.97 Å². The van der Waals surface area contributed by atoms with Crippen LogP contribution in [0.2, 0.25) is 0 Å². The molecule has 5 heteroatoms. The Balaban J connectivity index is 2.46. The van der Waals surface area contributed by atoms with Crippen molar-refractivity contribution in [2.75, 3.05) is 24.7 Å². The lowest BCUT2D eigenvalue weighted by Crippen LogP contribution is -2.16. The van der Waals surface area contributed by atoms with E-state index >= 15 is 0 Å². The molecule has 1 aromatic rings. The van der Waals surface area contributed by atoms with Crippen molar-refractivity contribution in [2.45, 2.75) is 31.2 Å². The third-order valence-corrected chi connectivity index (χ3v) is 3.30. The van der Waals surface area contributed by atoms with Gasteiger partial charge in [-0.1, -0.05) is 13.3 Å². The summed E-state index contributed by atoms with van der Waals surface area (Å²) in [7, 11) is 0. The number of nitrogens with zero attached hydrogens (tertiary/aromatic N) is 2. The maximum atomic E-state index is 8.99. The third kappa shape index (κ3) is 5.37. The highest BCUT2D eigenvalue weighted by atomic mass is 32.2. The molecule has 1 aromatic heterocycles. The second kappa shape index (κ2) is 8.31. The van der Waals surface area contributed by atoms with Gasteiger partial charge >= 0.3 is 0 Å². The van der Waals surface area contributed by atoms with Crippen LogP contribution in [0.3, 0.4) is 0 Å². The van der Waals surface area contributed by atoms with Crippen molar-refractivity contribution < 1.29 is 5.11 Å². The van der Waals surface area contributed by atoms with E-state index in [-0.39, 0.29) is 6.61 Å². The molecule has 0 saturated heterocycles. The predicted octanol–water partition coefficient (Wildman–Crippen LogP) is 2.41. The van der Waals surface area contributed by atoms with E-state index in [1.807, 2.05) is 12.3 Å². The number of hydrogen-bond acceptors (Lipinski definition) is 5. The topological polar surface area (TPSA) is 58.0 Å². The molecule has 0 saturated carbocycles. The fourth-order valence-corrected chi connectivity index (χ4v) is 2.12. The van der Waals surface area contributed by atoms with Crippen molar-refractivity contribution in [3.05, 3.63) is 12.4 Å². The molecule has 0 aliphatic heterocycles. The van der Waals surface area contributed by atoms with Crippen molar-refractivity contribution in [3.8, 4) is 0 Å². The van der Waals surface area contributed by atoms with Crippen LogP contribution in [0.15, 0.2) is 17.4 Å². The summed E-state index contributed by atoms with van der Waals surface area (Å²) in [6.45, 7) is 3.28. The molecule has 1 atom stereocenters. The summed E-state index contributed by atoms with van der Waals surface area (Å²) in [4.78, 5) is 8.31. The minimum absolute atomic E-state index is 0.256. The molecule has 1 unspecified atom stereocenters. The van der Waals surface area contributed by atoms with Crippen molar-refractivity contribution in [1.29, 1.82) is 0 Å². The Kier molecular flexibility index (Phi) is 6.96. The van der Waals surface area contributed by atoms with Crippen LogP contribution in [0.4, 0.5) is 5.82 Å². The Morgan fingerprint density at radius 2 is 2.24 bits per heavy atom. The first-order valence-electron chi connectivity index (χ1n) is 6.00. The number of thioether (sulfide) groups is 1. The van der Waals surface area contributed by atoms with Gasteiger partial charge in [0.05, 0.1) is 0 Å². The van der Waals surface area contributed by atoms with Gasteiger partial charge in [-0.05, 0) is 25.0 Å². The second-order valence-electron chi connectivity index (χ2n) is 3.99. The standard InChI is InChI=1S/C12H21N3OS/c1-3-4-10(5-6-16)8-13-11-7-12(17-2)15-9-14-11/h7,9-10,16H,3-6,8H2,1-2H3,(H,13,14,15). The van der Waals surface area contributed by atoms with Crippen LogP contribution in [0.1, 0.15) is 26.2 Å². The van der Waals surface area contributed by atoms with E-state index in [2.05, 4.69) is 22.2 Å². The highest BCUT2D eigenvalue weighted by molar-refractivity contribution is 7.98. The van der Waals surface area contributed by atoms with Crippen molar-refractivity contribution >= 4 is 17.6 Å². The summed E-state index contributed by atoms with van der Waals surface area (Å²) in [6.07, 6.45) is 6.70. The smallest absolute Gasteiger partial charge is 0.130 e. The summed E-state index contributed by atoms with van der Waals surface area (Å²) in [5.74, 6) is 1.38. The summed E-state index contributed by atoms with van der Waals surface area (Å²) >= 11 is 1.61. The lowest BCUT2D eigenvalue weighted by Gasteiger charge is -2.16. The zero-order valence-corrected chi connectivity index (χ0v) is 11.3. The minimum atomic E-state index is 0.256. The molecule has 0 aromatic carbocycles. The average molecular weight is 255 g/mol. The van der Waals surface area contributed by atoms with Gasteiger partial charge in [0.1, 0.15) is 17.2 Å². The van der Waals surface area contributed by atoms with E-state index in [1.165, 1.54) is 0 Å². The number of aromatic nitrogens is 2. The summed E-state index contributed by atoms with van der Waals surface area (Å²) in [6, 6.07) is 1.95. The average Bonchev–Trinajstić information content (AvgIpc) is 2.37. The monoisotopic (exact) mass is 255 g/mol. The van der Waals surface area contributed by atoms with E-state index in [0.29, 0.717) is 5.92 Å². The first-order chi connectivity index (χ1) is 8.30. The Hall–Kier alpha value is -0.810. The Bertz CT molecular complexity index is 316. The maximum Gasteiger partial charge on any atom is 0.130 e. The molecular weight excluding hydrogens is 234 g/mol. The van der Waals surface area contributed by atoms with Crippen LogP contribution in [-0.2, 0) is 0 Å². The molecule has 17 heavy (non-hydrogen) atoms. The van der Waals surface area contributed by atoms with Gasteiger partial charge in [-0.3, -0.25) is 0 Å². The van der Waals surface area contributed by atoms with Gasteiger partial charge in [0, 0.05) is 19.2 Å². The van der Waals surface area contributed by atoms with E-state index < -0.39 is 0 Å². The van der Waals surface area contributed by atoms with Gasteiger partial charge in [-0.25, -0.2) is 9.97 Å². The van der Waals surface area contributed by atoms with Gasteiger partial charge in [-0.2, -0.15) is 0 Å². The molecule has 0 fully saturated rings. The largest absolute Gasteiger partial charge is 0.396 e. The molecule has 0 aliphatic rings. The predicted molar refractivity (Wildman–Crippen MR) is 72.4 cm³/mol. The van der Waals surface area contributed by atoms with Crippen LogP contribution in [0.5, 0.6) is 0 Å². The summed E-state index contributed by atoms with van der Waals surface area (Å²) in [5.41, 5.74) is 0. The van der Waals surface area contributed by atoms with E-state index in [4.69, 9.17) is 5.11 Å². The van der Waals surface area contributed by atoms with Crippen molar-refractivity contribution in [3.63, 3.8) is 0 Å². The Labute approximate surface area is 107 Å². The number of anilines is 1. The van der Waals surface area contributed by atoms with Crippen LogP contribution in [0, 0.1) is 5.92 Å². The summed E-state index contributed by atoms with van der Waals surface area (Å²) in [5, 5.41) is 13.3. The molecule has 4 nitrogen and oxygen atoms in total. The molecular formula is C12H21N3OS. The van der Waals surface area contributed by atoms with Crippen LogP contribution < -0.4 is 5.32 Å². The summed E-state index contributed by atoms with van der Waals surface area (Å²) < 4.78 is 0. The van der Waals surface area contributed by atoms with E-state index in [9.17, 15) is 0 Å². The minimum Gasteiger partial charge on any atom is -0.396 e. The zero-order chi connectivity index (χ0) is 12.5. The molecule has 1 rings (SSSR count). The second-order valence-corrected chi connectivity index (χ2v) is 4.82. The van der Waals surface area contributed by atoms with Crippen LogP contribution in [0.25, 0.3) is 0 Å². The lowest BCUT2D eigenvalue weighted by molar-refractivity contribution is 0.255. The van der Waals surface area contributed by atoms with Gasteiger partial charge in [0.2, 0.25) is 0 Å². The first-order valence-corrected chi connectivity index (χ1v) is 7.23. The molecule has 0 amide bonds. The van der Waals surface area contributed by atoms with E-state index in [1.54, 1.807) is 18.1 Å². The Morgan fingerprint density at radius 1 is 1.41 bits per heavy atom. The molecule has 1 heterocycles. The SMILES string of the molecule is CCCC(CCO)CNc1cc(SC)ncn1. The van der Waals surface area contributed by atoms with E-state index in [0.717, 1.165) is 36.7 Å². The molecule has 0 spiro atoms. The third-order valence-electron chi connectivity index (χ3n) is 2.66. The fourth-order valence-electron chi connectivity index (χ4n) is 1.74. The normalized spacial score (nSPS) is 12.4. The highest BCUT2D eigenvalue weighted by Crippen LogP contribution is 2.16. The van der Waals surface area contributed by atoms with Gasteiger partial charge in [-0.15, -0.1) is 11.8 Å². The molecule has 0 radical (unpaired) electrons. The zero-order valence-electron chi connectivity index (χ0n) is 10.5. The number of rotatable bonds is 8. The van der Waals surface area contributed by atoms with Crippen molar-refractivity contribution in [2.24, 2.45) is 5.92 Å². The molecule has 96 valence electrons. The number of aliphatic hydroxyl groups is 1. The molecule has 0 bridgehead atoms. The fraction of sp³-hybridized carbons (Fsp3) is 0.667. The number of nitrogens with one attached hydrogen (secondary N) is 1. The Morgan fingerprint density at radius 3 is 2.88 bits per heavy atom. The lowest BCUT2D eigenvalue weighted by atomic mass is 10.0. The van der Waals surface area contributed by atoms with Gasteiger partial charge in [0.15, 0.2) is 0 Å². The maximum absolute atomic E-state index is 8.99. The van der Waals surface area contributed by atoms with Gasteiger partial charge < -0.3 is 10.4 Å². The molecule has 0 aliphatic carbocycles. The highest BCUT2D eigenvalue weighted by Gasteiger charge is 2.07. The quantitative estimate of drug-likeness (QED) is 0.552. The first kappa shape index (κ1) is 14.3. The van der Waals surface area contributed by atoms with Crippen LogP contribution >= 0.6 is 11.8 Å². The molecule has 2 N–H and O–H groups in total.